The van der Waals surface area contributed by atoms with Gasteiger partial charge in [0.1, 0.15) is 12.1 Å². The number of rotatable bonds is 4. The molecule has 0 aliphatic carbocycles. The lowest BCUT2D eigenvalue weighted by molar-refractivity contribution is 0.444. The largest absolute Gasteiger partial charge is 0.398 e. The average molecular weight is 323 g/mol. The molecule has 0 spiro atoms. The fourth-order valence-electron chi connectivity index (χ4n) is 3.23. The Hall–Kier alpha value is -2.43. The molecule has 0 unspecified atom stereocenters. The Balaban J connectivity index is 1.89. The van der Waals surface area contributed by atoms with Gasteiger partial charge in [-0.1, -0.05) is 19.9 Å². The van der Waals surface area contributed by atoms with Crippen molar-refractivity contribution in [3.05, 3.63) is 47.4 Å². The van der Waals surface area contributed by atoms with Crippen LogP contribution < -0.4 is 10.6 Å². The summed E-state index contributed by atoms with van der Waals surface area (Å²) in [5.74, 6) is 1.58. The van der Waals surface area contributed by atoms with Gasteiger partial charge < -0.3 is 10.6 Å². The Bertz CT molecular complexity index is 740. The number of hydrogen-bond acceptors (Lipinski definition) is 5. The van der Waals surface area contributed by atoms with E-state index in [1.165, 1.54) is 18.4 Å². The third kappa shape index (κ3) is 3.40. The smallest absolute Gasteiger partial charge is 0.132 e. The lowest BCUT2D eigenvalue weighted by Crippen LogP contribution is -2.35. The molecule has 0 amide bonds. The zero-order chi connectivity index (χ0) is 17.1. The van der Waals surface area contributed by atoms with Gasteiger partial charge in [-0.15, -0.1) is 0 Å². The van der Waals surface area contributed by atoms with Gasteiger partial charge >= 0.3 is 0 Å². The van der Waals surface area contributed by atoms with E-state index in [9.17, 15) is 0 Å². The molecule has 3 N–H and O–H groups in total. The first kappa shape index (κ1) is 16.4. The van der Waals surface area contributed by atoms with Gasteiger partial charge in [-0.25, -0.2) is 9.97 Å². The number of aromatic nitrogens is 2. The number of anilines is 2. The van der Waals surface area contributed by atoms with Crippen molar-refractivity contribution in [1.29, 1.82) is 5.41 Å². The van der Waals surface area contributed by atoms with Crippen LogP contribution in [0.1, 0.15) is 43.5 Å². The van der Waals surface area contributed by atoms with Crippen molar-refractivity contribution in [2.24, 2.45) is 5.92 Å². The van der Waals surface area contributed by atoms with Crippen molar-refractivity contribution >= 4 is 17.2 Å². The van der Waals surface area contributed by atoms with E-state index >= 15 is 0 Å². The van der Waals surface area contributed by atoms with E-state index in [2.05, 4.69) is 28.7 Å². The second-order valence-electron chi connectivity index (χ2n) is 6.61. The summed E-state index contributed by atoms with van der Waals surface area (Å²) in [4.78, 5) is 11.0. The number of benzene rings is 1. The monoisotopic (exact) mass is 323 g/mol. The molecule has 1 aromatic heterocycles. The Morgan fingerprint density at radius 1 is 1.33 bits per heavy atom. The van der Waals surface area contributed by atoms with Crippen molar-refractivity contribution in [3.8, 4) is 0 Å². The zero-order valence-electron chi connectivity index (χ0n) is 14.4. The number of aryl methyl sites for hydroxylation is 1. The van der Waals surface area contributed by atoms with Crippen LogP contribution in [0.5, 0.6) is 0 Å². The molecule has 2 aromatic rings. The maximum absolute atomic E-state index is 8.54. The Labute approximate surface area is 143 Å². The Morgan fingerprint density at radius 3 is 2.92 bits per heavy atom. The highest BCUT2D eigenvalue weighted by Crippen LogP contribution is 2.23. The normalized spacial score (nSPS) is 17.8. The molecule has 1 aromatic carbocycles. The van der Waals surface area contributed by atoms with E-state index < -0.39 is 0 Å². The first-order chi connectivity index (χ1) is 11.6. The van der Waals surface area contributed by atoms with E-state index in [4.69, 9.17) is 11.1 Å². The van der Waals surface area contributed by atoms with Gasteiger partial charge in [0.2, 0.25) is 0 Å². The van der Waals surface area contributed by atoms with Crippen molar-refractivity contribution in [2.45, 2.75) is 33.1 Å². The minimum atomic E-state index is 0.358. The predicted octanol–water partition coefficient (Wildman–Crippen LogP) is 3.27. The maximum Gasteiger partial charge on any atom is 0.132 e. The van der Waals surface area contributed by atoms with Crippen LogP contribution in [0.25, 0.3) is 0 Å². The molecule has 0 saturated carbocycles. The zero-order valence-corrected chi connectivity index (χ0v) is 14.4. The van der Waals surface area contributed by atoms with Crippen LogP contribution in [-0.2, 0) is 6.42 Å². The van der Waals surface area contributed by atoms with Crippen LogP contribution in [0.4, 0.5) is 11.5 Å². The van der Waals surface area contributed by atoms with E-state index in [1.807, 2.05) is 24.3 Å². The number of nitrogen functional groups attached to an aromatic ring is 1. The van der Waals surface area contributed by atoms with Crippen molar-refractivity contribution < 1.29 is 0 Å². The van der Waals surface area contributed by atoms with Gasteiger partial charge in [0.15, 0.2) is 0 Å². The summed E-state index contributed by atoms with van der Waals surface area (Å²) < 4.78 is 0. The maximum atomic E-state index is 8.54. The molecule has 24 heavy (non-hydrogen) atoms. The van der Waals surface area contributed by atoms with Gasteiger partial charge in [0, 0.05) is 30.4 Å². The van der Waals surface area contributed by atoms with Gasteiger partial charge in [-0.2, -0.15) is 0 Å². The molecule has 1 saturated heterocycles. The van der Waals surface area contributed by atoms with Crippen LogP contribution in [0, 0.1) is 11.3 Å². The lowest BCUT2D eigenvalue weighted by Gasteiger charge is -2.31. The number of hydrogen-bond donors (Lipinski definition) is 2. The van der Waals surface area contributed by atoms with Crippen molar-refractivity contribution in [2.75, 3.05) is 23.7 Å². The molecule has 0 radical (unpaired) electrons. The molecular weight excluding hydrogens is 298 g/mol. The first-order valence-electron chi connectivity index (χ1n) is 8.63. The number of piperidine rings is 1. The number of nitrogens with two attached hydrogens (primary N) is 1. The Kier molecular flexibility index (Phi) is 4.79. The fraction of sp³-hybridized carbons (Fsp3) is 0.421. The van der Waals surface area contributed by atoms with Crippen LogP contribution in [0.15, 0.2) is 30.6 Å². The van der Waals surface area contributed by atoms with Gasteiger partial charge in [0.25, 0.3) is 0 Å². The van der Waals surface area contributed by atoms with Crippen molar-refractivity contribution in [1.82, 2.24) is 9.97 Å². The molecule has 1 aliphatic heterocycles. The second kappa shape index (κ2) is 6.99. The van der Waals surface area contributed by atoms with E-state index in [1.54, 1.807) is 6.33 Å². The summed E-state index contributed by atoms with van der Waals surface area (Å²) >= 11 is 0. The summed E-state index contributed by atoms with van der Waals surface area (Å²) in [6, 6.07) is 7.78. The van der Waals surface area contributed by atoms with E-state index in [0.717, 1.165) is 30.9 Å². The molecule has 126 valence electrons. The summed E-state index contributed by atoms with van der Waals surface area (Å²) in [6.45, 7) is 6.39. The third-order valence-corrected chi connectivity index (χ3v) is 4.69. The molecule has 1 fully saturated rings. The minimum absolute atomic E-state index is 0.358. The first-order valence-corrected chi connectivity index (χ1v) is 8.63. The second-order valence-corrected chi connectivity index (χ2v) is 6.61. The lowest BCUT2D eigenvalue weighted by atomic mass is 9.99. The number of nitrogens with one attached hydrogen (secondary N) is 1. The third-order valence-electron chi connectivity index (χ3n) is 4.69. The van der Waals surface area contributed by atoms with E-state index in [-0.39, 0.29) is 0 Å². The van der Waals surface area contributed by atoms with Crippen LogP contribution >= 0.6 is 0 Å². The summed E-state index contributed by atoms with van der Waals surface area (Å²) in [5.41, 5.74) is 9.59. The summed E-state index contributed by atoms with van der Waals surface area (Å²) in [6.07, 6.45) is 4.92. The highest BCUT2D eigenvalue weighted by Gasteiger charge is 2.19. The highest BCUT2D eigenvalue weighted by molar-refractivity contribution is 6.13. The molecular formula is C19H25N5. The van der Waals surface area contributed by atoms with Crippen molar-refractivity contribution in [3.63, 3.8) is 0 Å². The van der Waals surface area contributed by atoms with Crippen LogP contribution in [-0.4, -0.2) is 28.8 Å². The molecule has 5 nitrogen and oxygen atoms in total. The molecule has 1 atom stereocenters. The van der Waals surface area contributed by atoms with Crippen LogP contribution in [0.3, 0.4) is 0 Å². The standard InChI is InChI=1S/C19H25N5/c1-3-14-6-7-16(20)15(9-14)19(21)17-10-18(23-12-22-17)24-8-4-5-13(2)11-24/h6-7,9-10,12-13,21H,3-5,8,11,20H2,1-2H3/t13-/m0/s1. The average Bonchev–Trinajstić information content (AvgIpc) is 2.62. The molecule has 1 aliphatic rings. The topological polar surface area (TPSA) is 78.9 Å². The Morgan fingerprint density at radius 2 is 2.17 bits per heavy atom. The summed E-state index contributed by atoms with van der Waals surface area (Å²) in [5, 5.41) is 8.54. The highest BCUT2D eigenvalue weighted by atomic mass is 15.2. The van der Waals surface area contributed by atoms with Gasteiger partial charge in [-0.3, -0.25) is 5.41 Å². The molecule has 0 bridgehead atoms. The molecule has 3 rings (SSSR count). The number of nitrogens with zero attached hydrogens (tertiary/aromatic N) is 3. The summed E-state index contributed by atoms with van der Waals surface area (Å²) in [7, 11) is 0. The molecule has 5 heteroatoms. The SMILES string of the molecule is CCc1ccc(N)c(C(=N)c2cc(N3CCC[C@H](C)C3)ncn2)c1. The van der Waals surface area contributed by atoms with Crippen LogP contribution in [0.2, 0.25) is 0 Å². The molecule has 2 heterocycles. The fourth-order valence-corrected chi connectivity index (χ4v) is 3.23. The quantitative estimate of drug-likeness (QED) is 0.668. The van der Waals surface area contributed by atoms with E-state index in [0.29, 0.717) is 23.0 Å². The minimum Gasteiger partial charge on any atom is -0.398 e. The van der Waals surface area contributed by atoms with Gasteiger partial charge in [-0.05, 0) is 42.9 Å². The van der Waals surface area contributed by atoms with Gasteiger partial charge in [0.05, 0.1) is 11.4 Å². The predicted molar refractivity (Wildman–Crippen MR) is 98.8 cm³/mol.